The van der Waals surface area contributed by atoms with Crippen molar-refractivity contribution in [3.63, 3.8) is 0 Å². The van der Waals surface area contributed by atoms with Crippen molar-refractivity contribution in [2.75, 3.05) is 5.43 Å². The van der Waals surface area contributed by atoms with Gasteiger partial charge in [0.2, 0.25) is 0 Å². The summed E-state index contributed by atoms with van der Waals surface area (Å²) in [4.78, 5) is 0. The Bertz CT molecular complexity index is 254. The zero-order valence-corrected chi connectivity index (χ0v) is 6.79. The molecule has 0 saturated heterocycles. The van der Waals surface area contributed by atoms with Crippen LogP contribution >= 0.6 is 0 Å². The number of ether oxygens (including phenoxy) is 1. The number of hydrogen-bond donors (Lipinski definition) is 2. The van der Waals surface area contributed by atoms with Gasteiger partial charge in [-0.2, -0.15) is 0 Å². The molecule has 2 rings (SSSR count). The standard InChI is InChI=1S/C9H12N2O/c10-11-7-1-3-8(4-2-7)12-9-5-6-9/h1-4,9,11H,5-6,10H2. The Morgan fingerprint density at radius 2 is 1.92 bits per heavy atom. The molecular formula is C9H12N2O. The topological polar surface area (TPSA) is 47.3 Å². The summed E-state index contributed by atoms with van der Waals surface area (Å²) in [6.07, 6.45) is 2.84. The lowest BCUT2D eigenvalue weighted by Gasteiger charge is -2.04. The lowest BCUT2D eigenvalue weighted by molar-refractivity contribution is 0.303. The molecule has 3 heteroatoms. The molecule has 0 aromatic heterocycles. The summed E-state index contributed by atoms with van der Waals surface area (Å²) in [6.45, 7) is 0. The molecule has 0 atom stereocenters. The van der Waals surface area contributed by atoms with Crippen LogP contribution in [0.2, 0.25) is 0 Å². The van der Waals surface area contributed by atoms with Crippen molar-refractivity contribution in [2.45, 2.75) is 18.9 Å². The van der Waals surface area contributed by atoms with E-state index in [0.717, 1.165) is 11.4 Å². The zero-order chi connectivity index (χ0) is 8.39. The van der Waals surface area contributed by atoms with E-state index < -0.39 is 0 Å². The molecule has 0 amide bonds. The second-order valence-electron chi connectivity index (χ2n) is 2.99. The van der Waals surface area contributed by atoms with Gasteiger partial charge in [0.05, 0.1) is 6.10 Å². The molecule has 1 saturated carbocycles. The van der Waals surface area contributed by atoms with E-state index in [-0.39, 0.29) is 0 Å². The summed E-state index contributed by atoms with van der Waals surface area (Å²) in [5.41, 5.74) is 3.47. The van der Waals surface area contributed by atoms with Gasteiger partial charge in [0, 0.05) is 5.69 Å². The highest BCUT2D eigenvalue weighted by Crippen LogP contribution is 2.27. The fourth-order valence-corrected chi connectivity index (χ4v) is 1.01. The number of nitrogens with two attached hydrogens (primary N) is 1. The number of anilines is 1. The minimum Gasteiger partial charge on any atom is -0.490 e. The van der Waals surface area contributed by atoms with Crippen molar-refractivity contribution in [3.8, 4) is 5.75 Å². The largest absolute Gasteiger partial charge is 0.490 e. The highest BCUT2D eigenvalue weighted by Gasteiger charge is 2.23. The van der Waals surface area contributed by atoms with Gasteiger partial charge in [-0.05, 0) is 37.1 Å². The molecule has 0 radical (unpaired) electrons. The van der Waals surface area contributed by atoms with E-state index >= 15 is 0 Å². The first-order valence-electron chi connectivity index (χ1n) is 4.12. The molecule has 0 heterocycles. The molecule has 0 spiro atoms. The van der Waals surface area contributed by atoms with Gasteiger partial charge in [0.25, 0.3) is 0 Å². The fourth-order valence-electron chi connectivity index (χ4n) is 1.01. The monoisotopic (exact) mass is 164 g/mol. The molecule has 1 aliphatic carbocycles. The van der Waals surface area contributed by atoms with Gasteiger partial charge in [0.1, 0.15) is 5.75 Å². The van der Waals surface area contributed by atoms with E-state index in [1.165, 1.54) is 12.8 Å². The number of nitrogens with one attached hydrogen (secondary N) is 1. The van der Waals surface area contributed by atoms with Crippen LogP contribution in [-0.2, 0) is 0 Å². The Labute approximate surface area is 71.5 Å². The van der Waals surface area contributed by atoms with Crippen LogP contribution < -0.4 is 16.0 Å². The second kappa shape index (κ2) is 3.03. The molecule has 3 N–H and O–H groups in total. The van der Waals surface area contributed by atoms with Crippen LogP contribution in [0, 0.1) is 0 Å². The number of rotatable bonds is 3. The summed E-state index contributed by atoms with van der Waals surface area (Å²) in [6, 6.07) is 7.65. The third-order valence-electron chi connectivity index (χ3n) is 1.85. The first kappa shape index (κ1) is 7.43. The van der Waals surface area contributed by atoms with Gasteiger partial charge >= 0.3 is 0 Å². The summed E-state index contributed by atoms with van der Waals surface area (Å²) < 4.78 is 5.56. The molecule has 0 aliphatic heterocycles. The number of benzene rings is 1. The molecule has 0 unspecified atom stereocenters. The Morgan fingerprint density at radius 3 is 2.42 bits per heavy atom. The zero-order valence-electron chi connectivity index (χ0n) is 6.79. The van der Waals surface area contributed by atoms with Gasteiger partial charge in [0.15, 0.2) is 0 Å². The van der Waals surface area contributed by atoms with Crippen LogP contribution in [0.1, 0.15) is 12.8 Å². The quantitative estimate of drug-likeness (QED) is 0.526. The van der Waals surface area contributed by atoms with Crippen molar-refractivity contribution < 1.29 is 4.74 Å². The lowest BCUT2D eigenvalue weighted by atomic mass is 10.3. The average Bonchev–Trinajstić information content (AvgIpc) is 2.90. The van der Waals surface area contributed by atoms with Crippen molar-refractivity contribution in [1.82, 2.24) is 0 Å². The van der Waals surface area contributed by atoms with Crippen molar-refractivity contribution in [3.05, 3.63) is 24.3 Å². The molecule has 1 fully saturated rings. The normalized spacial score (nSPS) is 15.8. The van der Waals surface area contributed by atoms with E-state index in [1.807, 2.05) is 24.3 Å². The molecule has 1 aliphatic rings. The van der Waals surface area contributed by atoms with Gasteiger partial charge < -0.3 is 10.2 Å². The first-order valence-corrected chi connectivity index (χ1v) is 4.12. The number of hydrogen-bond acceptors (Lipinski definition) is 3. The second-order valence-corrected chi connectivity index (χ2v) is 2.99. The van der Waals surface area contributed by atoms with Crippen LogP contribution in [0.25, 0.3) is 0 Å². The smallest absolute Gasteiger partial charge is 0.119 e. The summed E-state index contributed by atoms with van der Waals surface area (Å²) in [5, 5.41) is 0. The maximum Gasteiger partial charge on any atom is 0.119 e. The predicted molar refractivity (Wildman–Crippen MR) is 47.9 cm³/mol. The average molecular weight is 164 g/mol. The Balaban J connectivity index is 2.02. The SMILES string of the molecule is NNc1ccc(OC2CC2)cc1. The van der Waals surface area contributed by atoms with Crippen LogP contribution in [-0.4, -0.2) is 6.10 Å². The summed E-state index contributed by atoms with van der Waals surface area (Å²) in [5.74, 6) is 6.15. The van der Waals surface area contributed by atoms with Gasteiger partial charge in [-0.1, -0.05) is 0 Å². The Kier molecular flexibility index (Phi) is 1.87. The maximum atomic E-state index is 5.56. The first-order chi connectivity index (χ1) is 5.88. The van der Waals surface area contributed by atoms with Crippen LogP contribution in [0.4, 0.5) is 5.69 Å². The predicted octanol–water partition coefficient (Wildman–Crippen LogP) is 1.51. The number of hydrazine groups is 1. The lowest BCUT2D eigenvalue weighted by Crippen LogP contribution is -2.06. The Morgan fingerprint density at radius 1 is 1.25 bits per heavy atom. The maximum absolute atomic E-state index is 5.56. The van der Waals surface area contributed by atoms with Gasteiger partial charge in [-0.15, -0.1) is 0 Å². The summed E-state index contributed by atoms with van der Waals surface area (Å²) in [7, 11) is 0. The van der Waals surface area contributed by atoms with Crippen LogP contribution in [0.5, 0.6) is 5.75 Å². The third kappa shape index (κ3) is 1.68. The summed E-state index contributed by atoms with van der Waals surface area (Å²) >= 11 is 0. The van der Waals surface area contributed by atoms with Crippen molar-refractivity contribution >= 4 is 5.69 Å². The third-order valence-corrected chi connectivity index (χ3v) is 1.85. The Hall–Kier alpha value is -1.22. The molecule has 12 heavy (non-hydrogen) atoms. The molecule has 0 bridgehead atoms. The van der Waals surface area contributed by atoms with Gasteiger partial charge in [-0.3, -0.25) is 5.84 Å². The minimum atomic E-state index is 0.460. The molecule has 1 aromatic rings. The highest BCUT2D eigenvalue weighted by atomic mass is 16.5. The van der Waals surface area contributed by atoms with E-state index in [9.17, 15) is 0 Å². The van der Waals surface area contributed by atoms with Crippen molar-refractivity contribution in [2.24, 2.45) is 5.84 Å². The fraction of sp³-hybridized carbons (Fsp3) is 0.333. The minimum absolute atomic E-state index is 0.460. The highest BCUT2D eigenvalue weighted by molar-refractivity contribution is 5.45. The molecule has 64 valence electrons. The number of nitrogen functional groups attached to an aromatic ring is 1. The van der Waals surface area contributed by atoms with Crippen LogP contribution in [0.3, 0.4) is 0 Å². The van der Waals surface area contributed by atoms with E-state index in [0.29, 0.717) is 6.10 Å². The van der Waals surface area contributed by atoms with Crippen LogP contribution in [0.15, 0.2) is 24.3 Å². The van der Waals surface area contributed by atoms with Crippen molar-refractivity contribution in [1.29, 1.82) is 0 Å². The van der Waals surface area contributed by atoms with E-state index in [2.05, 4.69) is 5.43 Å². The molecular weight excluding hydrogens is 152 g/mol. The molecule has 3 nitrogen and oxygen atoms in total. The van der Waals surface area contributed by atoms with E-state index in [1.54, 1.807) is 0 Å². The van der Waals surface area contributed by atoms with Gasteiger partial charge in [-0.25, -0.2) is 0 Å². The van der Waals surface area contributed by atoms with E-state index in [4.69, 9.17) is 10.6 Å². The molecule has 1 aromatic carbocycles.